The maximum absolute atomic E-state index is 14.0. The first-order valence-electron chi connectivity index (χ1n) is 10.3. The number of para-hydroxylation sites is 1. The number of rotatable bonds is 9. The first kappa shape index (κ1) is 27.3. The van der Waals surface area contributed by atoms with Crippen LogP contribution in [0.25, 0.3) is 0 Å². The summed E-state index contributed by atoms with van der Waals surface area (Å²) in [5.74, 6) is -2.99. The van der Waals surface area contributed by atoms with E-state index in [4.69, 9.17) is 31.1 Å². The molecule has 192 valence electrons. The van der Waals surface area contributed by atoms with Crippen LogP contribution in [-0.4, -0.2) is 41.1 Å². The lowest BCUT2D eigenvalue weighted by Crippen LogP contribution is -2.22. The van der Waals surface area contributed by atoms with Crippen LogP contribution in [0.2, 0.25) is 5.02 Å². The Balaban J connectivity index is 1.86. The zero-order chi connectivity index (χ0) is 27.2. The van der Waals surface area contributed by atoms with Gasteiger partial charge in [-0.1, -0.05) is 23.7 Å². The van der Waals surface area contributed by atoms with Crippen molar-refractivity contribution in [2.24, 2.45) is 0 Å². The smallest absolute Gasteiger partial charge is 0.342 e. The third kappa shape index (κ3) is 6.46. The van der Waals surface area contributed by atoms with Crippen LogP contribution in [0.5, 0.6) is 11.5 Å². The van der Waals surface area contributed by atoms with Crippen LogP contribution in [0.3, 0.4) is 0 Å². The van der Waals surface area contributed by atoms with Crippen molar-refractivity contribution in [2.75, 3.05) is 30.9 Å². The van der Waals surface area contributed by atoms with Crippen molar-refractivity contribution in [1.29, 1.82) is 5.26 Å². The van der Waals surface area contributed by atoms with Gasteiger partial charge in [0.1, 0.15) is 17.4 Å². The van der Waals surface area contributed by atoms with Gasteiger partial charge in [-0.2, -0.15) is 5.26 Å². The van der Waals surface area contributed by atoms with Crippen molar-refractivity contribution in [3.8, 4) is 17.6 Å². The first-order chi connectivity index (χ1) is 17.6. The summed E-state index contributed by atoms with van der Waals surface area (Å²) in [7, 11) is -1.95. The Morgan fingerprint density at radius 1 is 1.05 bits per heavy atom. The molecular formula is C24H19ClFN3O7S. The number of nitrogens with zero attached hydrogens (tertiary/aromatic N) is 1. The number of methoxy groups -OCH3 is 2. The van der Waals surface area contributed by atoms with E-state index in [1.807, 2.05) is 6.07 Å². The molecule has 3 aromatic rings. The number of carbonyl (C=O) groups is 2. The van der Waals surface area contributed by atoms with E-state index in [0.717, 1.165) is 18.2 Å². The zero-order valence-corrected chi connectivity index (χ0v) is 20.9. The summed E-state index contributed by atoms with van der Waals surface area (Å²) >= 11 is 5.89. The Kier molecular flexibility index (Phi) is 8.54. The number of nitrogens with one attached hydrogen (secondary N) is 2. The third-order valence-corrected chi connectivity index (χ3v) is 6.39. The van der Waals surface area contributed by atoms with E-state index >= 15 is 0 Å². The van der Waals surface area contributed by atoms with Gasteiger partial charge in [0.25, 0.3) is 15.9 Å². The Labute approximate surface area is 216 Å². The summed E-state index contributed by atoms with van der Waals surface area (Å²) in [6.07, 6.45) is 0. The molecule has 0 saturated carbocycles. The fourth-order valence-electron chi connectivity index (χ4n) is 3.11. The SMILES string of the molecule is COc1cc(S(=O)(=O)Nc2ccccc2F)cc(C(=O)OCC(=O)Nc2cc(Cl)ccc2C#N)c1OC. The van der Waals surface area contributed by atoms with Gasteiger partial charge in [-0.25, -0.2) is 17.6 Å². The normalized spacial score (nSPS) is 10.7. The Morgan fingerprint density at radius 3 is 2.43 bits per heavy atom. The molecule has 10 nitrogen and oxygen atoms in total. The quantitative estimate of drug-likeness (QED) is 0.383. The summed E-state index contributed by atoms with van der Waals surface area (Å²) in [4.78, 5) is 24.7. The summed E-state index contributed by atoms with van der Waals surface area (Å²) in [6, 6.07) is 13.3. The molecule has 37 heavy (non-hydrogen) atoms. The molecule has 0 aliphatic heterocycles. The lowest BCUT2D eigenvalue weighted by Gasteiger charge is -2.16. The number of hydrogen-bond acceptors (Lipinski definition) is 8. The van der Waals surface area contributed by atoms with E-state index in [1.54, 1.807) is 0 Å². The number of esters is 1. The number of sulfonamides is 1. The topological polar surface area (TPSA) is 144 Å². The number of anilines is 2. The molecule has 0 spiro atoms. The molecule has 0 radical (unpaired) electrons. The number of carbonyl (C=O) groups excluding carboxylic acids is 2. The minimum absolute atomic E-state index is 0.114. The predicted octanol–water partition coefficient (Wildman–Crippen LogP) is 3.96. The van der Waals surface area contributed by atoms with Gasteiger partial charge in [-0.15, -0.1) is 0 Å². The lowest BCUT2D eigenvalue weighted by molar-refractivity contribution is -0.119. The van der Waals surface area contributed by atoms with Gasteiger partial charge in [0.05, 0.1) is 36.1 Å². The monoisotopic (exact) mass is 547 g/mol. The summed E-state index contributed by atoms with van der Waals surface area (Å²) in [5, 5.41) is 11.8. The molecule has 0 unspecified atom stereocenters. The molecule has 13 heteroatoms. The number of ether oxygens (including phenoxy) is 3. The van der Waals surface area contributed by atoms with E-state index in [2.05, 4.69) is 10.0 Å². The van der Waals surface area contributed by atoms with Gasteiger partial charge in [0.15, 0.2) is 18.1 Å². The molecule has 0 fully saturated rings. The molecule has 0 saturated heterocycles. The first-order valence-corrected chi connectivity index (χ1v) is 12.2. The molecule has 1 amide bonds. The van der Waals surface area contributed by atoms with Gasteiger partial charge in [-0.3, -0.25) is 9.52 Å². The van der Waals surface area contributed by atoms with Crippen LogP contribution in [0, 0.1) is 17.1 Å². The second kappa shape index (κ2) is 11.6. The molecule has 0 heterocycles. The minimum atomic E-state index is -4.39. The minimum Gasteiger partial charge on any atom is -0.493 e. The third-order valence-electron chi connectivity index (χ3n) is 4.81. The van der Waals surface area contributed by atoms with Gasteiger partial charge in [0, 0.05) is 11.1 Å². The average molecular weight is 548 g/mol. The molecular weight excluding hydrogens is 529 g/mol. The maximum Gasteiger partial charge on any atom is 0.342 e. The van der Waals surface area contributed by atoms with E-state index in [9.17, 15) is 22.4 Å². The van der Waals surface area contributed by atoms with Crippen LogP contribution in [-0.2, 0) is 19.6 Å². The summed E-state index contributed by atoms with van der Waals surface area (Å²) in [6.45, 7) is -0.786. The summed E-state index contributed by atoms with van der Waals surface area (Å²) in [5.41, 5.74) is -0.432. The van der Waals surface area contributed by atoms with Crippen molar-refractivity contribution >= 4 is 44.9 Å². The van der Waals surface area contributed by atoms with E-state index < -0.39 is 39.2 Å². The number of benzene rings is 3. The highest BCUT2D eigenvalue weighted by atomic mass is 35.5. The van der Waals surface area contributed by atoms with Crippen molar-refractivity contribution in [1.82, 2.24) is 0 Å². The Hall–Kier alpha value is -4.34. The standard InChI is InChI=1S/C24H19ClFN3O7S/c1-34-21-11-16(37(32,33)29-19-6-4-3-5-18(19)26)10-17(23(21)35-2)24(31)36-13-22(30)28-20-9-15(25)8-7-14(20)12-27/h3-11,29H,13H2,1-2H3,(H,28,30). The molecule has 0 bridgehead atoms. The van der Waals surface area contributed by atoms with Crippen LogP contribution in [0.15, 0.2) is 59.5 Å². The molecule has 0 aliphatic rings. The Morgan fingerprint density at radius 2 is 1.78 bits per heavy atom. The number of halogens is 2. The number of amides is 1. The van der Waals surface area contributed by atoms with Gasteiger partial charge < -0.3 is 19.5 Å². The molecule has 0 aromatic heterocycles. The highest BCUT2D eigenvalue weighted by Crippen LogP contribution is 2.35. The summed E-state index contributed by atoms with van der Waals surface area (Å²) < 4.78 is 57.3. The van der Waals surface area contributed by atoms with Crippen LogP contribution in [0.1, 0.15) is 15.9 Å². The van der Waals surface area contributed by atoms with Crippen LogP contribution >= 0.6 is 11.6 Å². The maximum atomic E-state index is 14.0. The van der Waals surface area contributed by atoms with Gasteiger partial charge >= 0.3 is 5.97 Å². The van der Waals surface area contributed by atoms with E-state index in [1.165, 1.54) is 50.6 Å². The van der Waals surface area contributed by atoms with Crippen LogP contribution in [0.4, 0.5) is 15.8 Å². The second-order valence-corrected chi connectivity index (χ2v) is 9.34. The predicted molar refractivity (Wildman–Crippen MR) is 132 cm³/mol. The Bertz CT molecular complexity index is 1510. The fraction of sp³-hybridized carbons (Fsp3) is 0.125. The van der Waals surface area contributed by atoms with Gasteiger partial charge in [-0.05, 0) is 36.4 Å². The van der Waals surface area contributed by atoms with Crippen LogP contribution < -0.4 is 19.5 Å². The van der Waals surface area contributed by atoms with Crippen molar-refractivity contribution in [2.45, 2.75) is 4.90 Å². The van der Waals surface area contributed by atoms with Crippen molar-refractivity contribution < 1.29 is 36.6 Å². The number of nitriles is 1. The second-order valence-electron chi connectivity index (χ2n) is 7.22. The van der Waals surface area contributed by atoms with Crippen molar-refractivity contribution in [3.05, 3.63) is 76.6 Å². The largest absolute Gasteiger partial charge is 0.493 e. The fourth-order valence-corrected chi connectivity index (χ4v) is 4.39. The molecule has 2 N–H and O–H groups in total. The lowest BCUT2D eigenvalue weighted by atomic mass is 10.2. The molecule has 3 rings (SSSR count). The number of hydrogen-bond donors (Lipinski definition) is 2. The van der Waals surface area contributed by atoms with Crippen molar-refractivity contribution in [3.63, 3.8) is 0 Å². The molecule has 3 aromatic carbocycles. The highest BCUT2D eigenvalue weighted by Gasteiger charge is 2.26. The average Bonchev–Trinajstić information content (AvgIpc) is 2.87. The van der Waals surface area contributed by atoms with E-state index in [-0.39, 0.29) is 39.0 Å². The zero-order valence-electron chi connectivity index (χ0n) is 19.4. The molecule has 0 atom stereocenters. The van der Waals surface area contributed by atoms with E-state index in [0.29, 0.717) is 0 Å². The van der Waals surface area contributed by atoms with Gasteiger partial charge in [0.2, 0.25) is 0 Å². The highest BCUT2D eigenvalue weighted by molar-refractivity contribution is 7.92. The molecule has 0 aliphatic carbocycles.